The molecule has 4 atom stereocenters. The van der Waals surface area contributed by atoms with Crippen LogP contribution >= 0.6 is 0 Å². The molecule has 2 aromatic heterocycles. The summed E-state index contributed by atoms with van der Waals surface area (Å²) in [5, 5.41) is 24.0. The van der Waals surface area contributed by atoms with Crippen molar-refractivity contribution in [2.75, 3.05) is 19.3 Å². The number of nitrogens with two attached hydrogens (primary N) is 2. The summed E-state index contributed by atoms with van der Waals surface area (Å²) in [5.74, 6) is -1.75. The summed E-state index contributed by atoms with van der Waals surface area (Å²) in [6.07, 6.45) is 0.690. The molecule has 0 spiro atoms. The number of imidazole rings is 1. The zero-order valence-electron chi connectivity index (χ0n) is 14.2. The van der Waals surface area contributed by atoms with Gasteiger partial charge in [0.15, 0.2) is 11.5 Å². The number of aromatic nitrogens is 4. The maximum Gasteiger partial charge on any atom is 0.234 e. The molecule has 1 aliphatic rings. The van der Waals surface area contributed by atoms with Gasteiger partial charge < -0.3 is 26.4 Å². The molecule has 0 aliphatic carbocycles. The monoisotopic (exact) mass is 367 g/mol. The molecule has 142 valence electrons. The van der Waals surface area contributed by atoms with Crippen LogP contribution in [0.3, 0.4) is 0 Å². The van der Waals surface area contributed by atoms with Crippen LogP contribution in [-0.2, 0) is 10.6 Å². The van der Waals surface area contributed by atoms with Crippen molar-refractivity contribution in [2.24, 2.45) is 5.73 Å². The van der Waals surface area contributed by atoms with Crippen LogP contribution in [0.4, 0.5) is 10.2 Å². The second kappa shape index (κ2) is 7.21. The largest absolute Gasteiger partial charge is 0.387 e. The van der Waals surface area contributed by atoms with E-state index in [1.165, 1.54) is 23.3 Å². The number of ether oxygens (including phenoxy) is 1. The fourth-order valence-electron chi connectivity index (χ4n) is 3.17. The van der Waals surface area contributed by atoms with E-state index in [9.17, 15) is 14.6 Å². The SMILES string of the molecule is CN[C@@]1(n2cnc3c(N)ncnc32)O[C@H](CCC(F)=CCN)[C@@H](O)[C@H]1O. The van der Waals surface area contributed by atoms with E-state index >= 15 is 0 Å². The Morgan fingerprint density at radius 3 is 2.92 bits per heavy atom. The molecule has 1 saturated heterocycles. The van der Waals surface area contributed by atoms with Gasteiger partial charge >= 0.3 is 0 Å². The standard InChI is InChI=1S/C15H22FN7O3/c1-19-15(23-7-22-10-13(18)20-6-21-14(10)23)12(25)11(24)9(26-15)3-2-8(16)4-5-17/h4,6-7,9,11-12,19,24-25H,2-3,5,17H2,1H3,(H2,18,20,21)/t9-,11-,12-,15+/m1/s1. The van der Waals surface area contributed by atoms with Gasteiger partial charge in [-0.15, -0.1) is 0 Å². The minimum atomic E-state index is -1.53. The third kappa shape index (κ3) is 2.93. The van der Waals surface area contributed by atoms with Crippen LogP contribution in [0, 0.1) is 0 Å². The number of nitrogens with one attached hydrogen (secondary N) is 1. The van der Waals surface area contributed by atoms with Crippen LogP contribution < -0.4 is 16.8 Å². The lowest BCUT2D eigenvalue weighted by atomic mass is 10.0. The zero-order valence-corrected chi connectivity index (χ0v) is 14.2. The first-order chi connectivity index (χ1) is 12.4. The van der Waals surface area contributed by atoms with Crippen LogP contribution in [0.5, 0.6) is 0 Å². The molecule has 10 nitrogen and oxygen atoms in total. The summed E-state index contributed by atoms with van der Waals surface area (Å²) in [5.41, 5.74) is 11.7. The van der Waals surface area contributed by atoms with Gasteiger partial charge in [0, 0.05) is 13.0 Å². The van der Waals surface area contributed by atoms with Crippen LogP contribution in [0.1, 0.15) is 12.8 Å². The average molecular weight is 367 g/mol. The van der Waals surface area contributed by atoms with Crippen molar-refractivity contribution in [3.8, 4) is 0 Å². The Kier molecular flexibility index (Phi) is 5.16. The molecule has 0 radical (unpaired) electrons. The molecule has 0 saturated carbocycles. The highest BCUT2D eigenvalue weighted by Gasteiger charge is 2.55. The molecule has 7 N–H and O–H groups in total. The zero-order chi connectivity index (χ0) is 18.9. The van der Waals surface area contributed by atoms with E-state index in [4.69, 9.17) is 16.2 Å². The van der Waals surface area contributed by atoms with Crippen molar-refractivity contribution in [1.82, 2.24) is 24.8 Å². The first-order valence-corrected chi connectivity index (χ1v) is 8.16. The third-order valence-electron chi connectivity index (χ3n) is 4.52. The highest BCUT2D eigenvalue weighted by Crippen LogP contribution is 2.37. The van der Waals surface area contributed by atoms with Gasteiger partial charge in [-0.25, -0.2) is 19.3 Å². The average Bonchev–Trinajstić information content (AvgIpc) is 3.16. The second-order valence-electron chi connectivity index (χ2n) is 6.01. The molecule has 1 aliphatic heterocycles. The molecule has 11 heteroatoms. The van der Waals surface area contributed by atoms with Crippen LogP contribution in [0.25, 0.3) is 11.2 Å². The van der Waals surface area contributed by atoms with Gasteiger partial charge in [0.2, 0.25) is 5.85 Å². The van der Waals surface area contributed by atoms with Gasteiger partial charge in [-0.2, -0.15) is 0 Å². The van der Waals surface area contributed by atoms with E-state index in [1.807, 2.05) is 0 Å². The molecule has 0 aromatic carbocycles. The van der Waals surface area contributed by atoms with Crippen LogP contribution in [-0.4, -0.2) is 61.6 Å². The fourth-order valence-corrected chi connectivity index (χ4v) is 3.17. The number of hydrogen-bond acceptors (Lipinski definition) is 9. The lowest BCUT2D eigenvalue weighted by Gasteiger charge is -2.33. The summed E-state index contributed by atoms with van der Waals surface area (Å²) in [4.78, 5) is 12.2. The Balaban J connectivity index is 1.93. The maximum atomic E-state index is 13.6. The first kappa shape index (κ1) is 18.6. The lowest BCUT2D eigenvalue weighted by molar-refractivity contribution is -0.159. The number of hydrogen-bond donors (Lipinski definition) is 5. The Morgan fingerprint density at radius 1 is 1.46 bits per heavy atom. The van der Waals surface area contributed by atoms with Crippen LogP contribution in [0.2, 0.25) is 0 Å². The van der Waals surface area contributed by atoms with Gasteiger partial charge in [0.25, 0.3) is 0 Å². The number of rotatable bonds is 6. The number of anilines is 1. The van der Waals surface area contributed by atoms with Gasteiger partial charge in [-0.05, 0) is 19.5 Å². The second-order valence-corrected chi connectivity index (χ2v) is 6.01. The molecule has 3 heterocycles. The number of likely N-dealkylation sites (N-methyl/N-ethyl adjacent to an activating group) is 1. The summed E-state index contributed by atoms with van der Waals surface area (Å²) >= 11 is 0. The maximum absolute atomic E-state index is 13.6. The number of nitrogens with zero attached hydrogens (tertiary/aromatic N) is 4. The number of fused-ring (bicyclic) bond motifs is 1. The van der Waals surface area contributed by atoms with Crippen LogP contribution in [0.15, 0.2) is 24.6 Å². The minimum Gasteiger partial charge on any atom is -0.387 e. The molecule has 0 amide bonds. The molecule has 26 heavy (non-hydrogen) atoms. The third-order valence-corrected chi connectivity index (χ3v) is 4.52. The quantitative estimate of drug-likeness (QED) is 0.429. The van der Waals surface area contributed by atoms with E-state index in [1.54, 1.807) is 7.05 Å². The number of aliphatic hydroxyl groups is 2. The van der Waals surface area contributed by atoms with Crippen molar-refractivity contribution in [1.29, 1.82) is 0 Å². The predicted octanol–water partition coefficient (Wildman–Crippen LogP) is -1.05. The van der Waals surface area contributed by atoms with E-state index in [-0.39, 0.29) is 25.2 Å². The van der Waals surface area contributed by atoms with Crippen molar-refractivity contribution >= 4 is 17.0 Å². The molecule has 3 rings (SSSR count). The predicted molar refractivity (Wildman–Crippen MR) is 91.1 cm³/mol. The lowest BCUT2D eigenvalue weighted by Crippen LogP contribution is -2.54. The highest BCUT2D eigenvalue weighted by molar-refractivity contribution is 5.81. The summed E-state index contributed by atoms with van der Waals surface area (Å²) < 4.78 is 21.0. The Bertz CT molecular complexity index is 814. The van der Waals surface area contributed by atoms with Gasteiger partial charge in [0.1, 0.15) is 30.4 Å². The van der Waals surface area contributed by atoms with Gasteiger partial charge in [-0.1, -0.05) is 0 Å². The summed E-state index contributed by atoms with van der Waals surface area (Å²) in [6.45, 7) is 0.0884. The molecule has 0 unspecified atom stereocenters. The Morgan fingerprint density at radius 2 is 2.23 bits per heavy atom. The number of allylic oxidation sites excluding steroid dienone is 1. The highest BCUT2D eigenvalue weighted by atomic mass is 19.1. The number of halogens is 1. The Labute approximate surface area is 148 Å². The fraction of sp³-hybridized carbons (Fsp3) is 0.533. The summed E-state index contributed by atoms with van der Waals surface area (Å²) in [6, 6.07) is 0. The number of aliphatic hydroxyl groups excluding tert-OH is 2. The van der Waals surface area contributed by atoms with Crippen molar-refractivity contribution in [2.45, 2.75) is 37.0 Å². The minimum absolute atomic E-state index is 0.0330. The van der Waals surface area contributed by atoms with E-state index in [0.29, 0.717) is 11.2 Å². The molecular weight excluding hydrogens is 345 g/mol. The molecule has 1 fully saturated rings. The smallest absolute Gasteiger partial charge is 0.234 e. The molecule has 2 aromatic rings. The van der Waals surface area contributed by atoms with E-state index in [0.717, 1.165) is 0 Å². The van der Waals surface area contributed by atoms with Gasteiger partial charge in [-0.3, -0.25) is 9.88 Å². The number of nitrogen functional groups attached to an aromatic ring is 1. The normalized spacial score (nSPS) is 29.6. The van der Waals surface area contributed by atoms with Crippen molar-refractivity contribution in [3.63, 3.8) is 0 Å². The van der Waals surface area contributed by atoms with Crippen molar-refractivity contribution < 1.29 is 19.3 Å². The van der Waals surface area contributed by atoms with Gasteiger partial charge in [0.05, 0.1) is 11.9 Å². The van der Waals surface area contributed by atoms with Crippen molar-refractivity contribution in [3.05, 3.63) is 24.6 Å². The van der Waals surface area contributed by atoms with E-state index in [2.05, 4.69) is 20.3 Å². The molecule has 0 bridgehead atoms. The van der Waals surface area contributed by atoms with E-state index < -0.39 is 30.0 Å². The Hall–Kier alpha value is -2.18. The molecular formula is C15H22FN7O3. The summed E-state index contributed by atoms with van der Waals surface area (Å²) in [7, 11) is 1.56. The first-order valence-electron chi connectivity index (χ1n) is 8.16. The topological polar surface area (TPSA) is 157 Å².